The molecular formula is C12H17N3O3. The predicted molar refractivity (Wildman–Crippen MR) is 62.2 cm³/mol. The highest BCUT2D eigenvalue weighted by Crippen LogP contribution is 2.46. The highest BCUT2D eigenvalue weighted by Gasteiger charge is 2.43. The first kappa shape index (κ1) is 11.6. The van der Waals surface area contributed by atoms with Crippen LogP contribution in [0.15, 0.2) is 0 Å². The molecule has 0 spiro atoms. The number of nitrogens with zero attached hydrogens (tertiary/aromatic N) is 3. The number of rotatable bonds is 6. The monoisotopic (exact) mass is 251 g/mol. The normalized spacial score (nSPS) is 20.9. The second kappa shape index (κ2) is 4.05. The van der Waals surface area contributed by atoms with Gasteiger partial charge >= 0.3 is 5.97 Å². The summed E-state index contributed by atoms with van der Waals surface area (Å²) in [6.07, 6.45) is 5.03. The molecule has 6 heteroatoms. The van der Waals surface area contributed by atoms with Crippen molar-refractivity contribution in [3.8, 4) is 0 Å². The maximum absolute atomic E-state index is 11.1. The first-order valence-corrected chi connectivity index (χ1v) is 6.40. The Bertz CT molecular complexity index is 475. The van der Waals surface area contributed by atoms with E-state index in [1.807, 2.05) is 0 Å². The number of aliphatic hydroxyl groups is 1. The van der Waals surface area contributed by atoms with Crippen molar-refractivity contribution in [3.05, 3.63) is 11.4 Å². The van der Waals surface area contributed by atoms with E-state index in [0.29, 0.717) is 12.5 Å². The zero-order valence-corrected chi connectivity index (χ0v) is 10.2. The first-order valence-electron chi connectivity index (χ1n) is 6.40. The van der Waals surface area contributed by atoms with Crippen molar-refractivity contribution in [1.82, 2.24) is 15.0 Å². The third kappa shape index (κ3) is 2.12. The summed E-state index contributed by atoms with van der Waals surface area (Å²) in [7, 11) is 0. The molecule has 0 bridgehead atoms. The lowest BCUT2D eigenvalue weighted by Gasteiger charge is -2.13. The minimum absolute atomic E-state index is 0.0793. The zero-order chi connectivity index (χ0) is 12.8. The molecule has 0 aliphatic heterocycles. The number of hydrogen-bond acceptors (Lipinski definition) is 4. The van der Waals surface area contributed by atoms with Gasteiger partial charge in [-0.05, 0) is 38.0 Å². The van der Waals surface area contributed by atoms with Crippen LogP contribution in [0.5, 0.6) is 0 Å². The molecule has 0 aromatic carbocycles. The van der Waals surface area contributed by atoms with Crippen LogP contribution in [0.25, 0.3) is 0 Å². The summed E-state index contributed by atoms with van der Waals surface area (Å²) in [5, 5.41) is 26.2. The van der Waals surface area contributed by atoms with Gasteiger partial charge in [-0.1, -0.05) is 5.21 Å². The molecule has 2 aliphatic carbocycles. The van der Waals surface area contributed by atoms with Gasteiger partial charge < -0.3 is 10.2 Å². The number of aliphatic hydroxyl groups excluding tert-OH is 1. The molecular weight excluding hydrogens is 234 g/mol. The summed E-state index contributed by atoms with van der Waals surface area (Å²) in [5.41, 5.74) is 0.724. The Morgan fingerprint density at radius 1 is 1.44 bits per heavy atom. The van der Waals surface area contributed by atoms with Crippen LogP contribution >= 0.6 is 0 Å². The van der Waals surface area contributed by atoms with Crippen molar-refractivity contribution < 1.29 is 15.0 Å². The lowest BCUT2D eigenvalue weighted by molar-refractivity contribution is 0.0689. The fourth-order valence-corrected chi connectivity index (χ4v) is 2.28. The quantitative estimate of drug-likeness (QED) is 0.777. The molecule has 18 heavy (non-hydrogen) atoms. The van der Waals surface area contributed by atoms with Crippen LogP contribution in [0, 0.1) is 11.3 Å². The molecule has 2 fully saturated rings. The van der Waals surface area contributed by atoms with Crippen molar-refractivity contribution in [3.63, 3.8) is 0 Å². The van der Waals surface area contributed by atoms with Crippen molar-refractivity contribution in [2.45, 2.75) is 38.6 Å². The third-order valence-corrected chi connectivity index (χ3v) is 4.00. The van der Waals surface area contributed by atoms with Crippen LogP contribution in [0.2, 0.25) is 0 Å². The van der Waals surface area contributed by atoms with Gasteiger partial charge in [0.15, 0.2) is 5.69 Å². The van der Waals surface area contributed by atoms with Crippen molar-refractivity contribution in [2.24, 2.45) is 11.3 Å². The SMILES string of the molecule is O=C(O)c1nnn(CC2(CO)CC2)c1CC1CC1. The van der Waals surface area contributed by atoms with Crippen LogP contribution < -0.4 is 0 Å². The highest BCUT2D eigenvalue weighted by atomic mass is 16.4. The van der Waals surface area contributed by atoms with E-state index >= 15 is 0 Å². The van der Waals surface area contributed by atoms with E-state index in [4.69, 9.17) is 5.11 Å². The summed E-state index contributed by atoms with van der Waals surface area (Å²) < 4.78 is 1.70. The largest absolute Gasteiger partial charge is 0.476 e. The van der Waals surface area contributed by atoms with Crippen molar-refractivity contribution in [1.29, 1.82) is 0 Å². The van der Waals surface area contributed by atoms with Gasteiger partial charge in [-0.25, -0.2) is 9.48 Å². The van der Waals surface area contributed by atoms with E-state index in [0.717, 1.165) is 37.8 Å². The van der Waals surface area contributed by atoms with E-state index in [1.54, 1.807) is 4.68 Å². The van der Waals surface area contributed by atoms with E-state index < -0.39 is 5.97 Å². The standard InChI is InChI=1S/C12H17N3O3/c16-7-12(3-4-12)6-15-9(5-8-1-2-8)10(11(17)18)13-14-15/h8,16H,1-7H2,(H,17,18). The third-order valence-electron chi connectivity index (χ3n) is 4.00. The molecule has 0 radical (unpaired) electrons. The predicted octanol–water partition coefficient (Wildman–Crippen LogP) is 0.701. The lowest BCUT2D eigenvalue weighted by Crippen LogP contribution is -2.19. The number of carboxylic acids is 1. The van der Waals surface area contributed by atoms with Gasteiger partial charge in [0.1, 0.15) is 0 Å². The van der Waals surface area contributed by atoms with Gasteiger partial charge in [0, 0.05) is 5.41 Å². The van der Waals surface area contributed by atoms with E-state index in [-0.39, 0.29) is 17.7 Å². The Hall–Kier alpha value is -1.43. The Morgan fingerprint density at radius 2 is 2.17 bits per heavy atom. The molecule has 0 atom stereocenters. The number of hydrogen-bond donors (Lipinski definition) is 2. The smallest absolute Gasteiger partial charge is 0.358 e. The van der Waals surface area contributed by atoms with Crippen LogP contribution in [0.1, 0.15) is 41.9 Å². The molecule has 6 nitrogen and oxygen atoms in total. The number of aromatic carboxylic acids is 1. The number of aromatic nitrogens is 3. The van der Waals surface area contributed by atoms with Gasteiger partial charge in [0.2, 0.25) is 0 Å². The molecule has 2 saturated carbocycles. The summed E-state index contributed by atoms with van der Waals surface area (Å²) >= 11 is 0. The summed E-state index contributed by atoms with van der Waals surface area (Å²) in [4.78, 5) is 11.1. The van der Waals surface area contributed by atoms with Crippen LogP contribution in [0.3, 0.4) is 0 Å². The van der Waals surface area contributed by atoms with E-state index in [2.05, 4.69) is 10.3 Å². The van der Waals surface area contributed by atoms with Gasteiger partial charge in [0.25, 0.3) is 0 Å². The first-order chi connectivity index (χ1) is 8.63. The molecule has 1 aromatic heterocycles. The van der Waals surface area contributed by atoms with E-state index in [1.165, 1.54) is 0 Å². The highest BCUT2D eigenvalue weighted by molar-refractivity contribution is 5.86. The Balaban J connectivity index is 1.85. The minimum atomic E-state index is -1.01. The van der Waals surface area contributed by atoms with Gasteiger partial charge in [0.05, 0.1) is 18.8 Å². The fraction of sp³-hybridized carbons (Fsp3) is 0.750. The summed E-state index contributed by atoms with van der Waals surface area (Å²) in [6.45, 7) is 0.726. The van der Waals surface area contributed by atoms with Gasteiger partial charge in [-0.3, -0.25) is 0 Å². The topological polar surface area (TPSA) is 88.2 Å². The van der Waals surface area contributed by atoms with E-state index in [9.17, 15) is 9.90 Å². The number of carboxylic acid groups (broad SMARTS) is 1. The van der Waals surface area contributed by atoms with Crippen molar-refractivity contribution in [2.75, 3.05) is 6.61 Å². The molecule has 0 unspecified atom stereocenters. The molecule has 2 N–H and O–H groups in total. The van der Waals surface area contributed by atoms with Crippen LogP contribution in [-0.4, -0.2) is 37.8 Å². The Kier molecular flexibility index (Phi) is 2.62. The molecule has 2 aliphatic rings. The zero-order valence-electron chi connectivity index (χ0n) is 10.2. The molecule has 0 amide bonds. The maximum atomic E-state index is 11.1. The fourth-order valence-electron chi connectivity index (χ4n) is 2.28. The van der Waals surface area contributed by atoms with Gasteiger partial charge in [-0.2, -0.15) is 0 Å². The lowest BCUT2D eigenvalue weighted by atomic mass is 10.1. The van der Waals surface area contributed by atoms with Crippen LogP contribution in [0.4, 0.5) is 0 Å². The Morgan fingerprint density at radius 3 is 2.67 bits per heavy atom. The molecule has 0 saturated heterocycles. The average Bonchev–Trinajstić information content (AvgIpc) is 3.21. The van der Waals surface area contributed by atoms with Crippen molar-refractivity contribution >= 4 is 5.97 Å². The maximum Gasteiger partial charge on any atom is 0.358 e. The summed E-state index contributed by atoms with van der Waals surface area (Å²) in [5.74, 6) is -0.421. The second-order valence-corrected chi connectivity index (χ2v) is 5.65. The van der Waals surface area contributed by atoms with Crippen LogP contribution in [-0.2, 0) is 13.0 Å². The second-order valence-electron chi connectivity index (χ2n) is 5.65. The molecule has 98 valence electrons. The number of carbonyl (C=O) groups is 1. The minimum Gasteiger partial charge on any atom is -0.476 e. The Labute approximate surface area is 105 Å². The average molecular weight is 251 g/mol. The molecule has 3 rings (SSSR count). The molecule has 1 aromatic rings. The summed E-state index contributed by atoms with van der Waals surface area (Å²) in [6, 6.07) is 0. The van der Waals surface area contributed by atoms with Gasteiger partial charge in [-0.15, -0.1) is 5.10 Å². The molecule has 1 heterocycles.